The molecule has 0 spiro atoms. The Morgan fingerprint density at radius 1 is 1.21 bits per heavy atom. The van der Waals surface area contributed by atoms with Gasteiger partial charge in [-0.3, -0.25) is 20.2 Å². The molecule has 0 aliphatic heterocycles. The summed E-state index contributed by atoms with van der Waals surface area (Å²) in [6.07, 6.45) is 0.198. The number of ether oxygens (including phenoxy) is 1. The number of rotatable bonds is 7. The molecule has 2 aromatic carbocycles. The van der Waals surface area contributed by atoms with E-state index in [0.717, 1.165) is 17.7 Å². The van der Waals surface area contributed by atoms with E-state index in [-0.39, 0.29) is 11.6 Å². The molecule has 1 aromatic heterocycles. The largest absolute Gasteiger partial charge is 0.481 e. The fraction of sp³-hybridized carbons (Fsp3) is 0.200. The molecule has 144 valence electrons. The first kappa shape index (κ1) is 19.5. The van der Waals surface area contributed by atoms with E-state index in [1.165, 1.54) is 41.2 Å². The van der Waals surface area contributed by atoms with Gasteiger partial charge in [0.15, 0.2) is 11.2 Å². The summed E-state index contributed by atoms with van der Waals surface area (Å²) in [5.74, 6) is 0.0321. The van der Waals surface area contributed by atoms with Crippen molar-refractivity contribution in [3.05, 3.63) is 69.6 Å². The molecule has 1 amide bonds. The quantitative estimate of drug-likeness (QED) is 0.461. The van der Waals surface area contributed by atoms with Gasteiger partial charge in [-0.05, 0) is 31.0 Å². The summed E-state index contributed by atoms with van der Waals surface area (Å²) >= 11 is 1.34. The number of nitro benzene ring substituents is 1. The zero-order chi connectivity index (χ0) is 20.1. The summed E-state index contributed by atoms with van der Waals surface area (Å²) in [4.78, 5) is 27.0. The lowest BCUT2D eigenvalue weighted by molar-refractivity contribution is -0.384. The summed E-state index contributed by atoms with van der Waals surface area (Å²) in [5.41, 5.74) is 3.01. The predicted octanol–water partition coefficient (Wildman–Crippen LogP) is 4.69. The lowest BCUT2D eigenvalue weighted by atomic mass is 10.1. The third-order valence-corrected chi connectivity index (χ3v) is 4.88. The van der Waals surface area contributed by atoms with Crippen LogP contribution in [-0.2, 0) is 11.2 Å². The van der Waals surface area contributed by atoms with Crippen molar-refractivity contribution >= 4 is 28.1 Å². The van der Waals surface area contributed by atoms with Gasteiger partial charge in [0.05, 0.1) is 10.6 Å². The number of amides is 1. The van der Waals surface area contributed by atoms with Crippen molar-refractivity contribution in [2.24, 2.45) is 0 Å². The number of nitrogens with one attached hydrogen (secondary N) is 1. The highest BCUT2D eigenvalue weighted by atomic mass is 32.1. The maximum atomic E-state index is 12.3. The second-order valence-electron chi connectivity index (χ2n) is 6.09. The van der Waals surface area contributed by atoms with Crippen LogP contribution in [0.5, 0.6) is 5.75 Å². The van der Waals surface area contributed by atoms with Crippen LogP contribution in [0.2, 0.25) is 0 Å². The molecule has 7 nitrogen and oxygen atoms in total. The minimum Gasteiger partial charge on any atom is -0.481 e. The SMILES string of the molecule is CCc1ccc(-c2csc(NC(=O)[C@@H](C)Oc3ccc([N+](=O)[O-])cc3)n2)cc1. The average Bonchev–Trinajstić information content (AvgIpc) is 3.17. The molecule has 0 unspecified atom stereocenters. The molecule has 0 aliphatic rings. The molecule has 0 saturated carbocycles. The van der Waals surface area contributed by atoms with Gasteiger partial charge in [-0.1, -0.05) is 31.2 Å². The van der Waals surface area contributed by atoms with Crippen molar-refractivity contribution in [2.45, 2.75) is 26.4 Å². The molecule has 0 fully saturated rings. The van der Waals surface area contributed by atoms with E-state index in [1.807, 2.05) is 17.5 Å². The molecular weight excluding hydrogens is 378 g/mol. The van der Waals surface area contributed by atoms with E-state index in [4.69, 9.17) is 4.74 Å². The molecule has 1 N–H and O–H groups in total. The van der Waals surface area contributed by atoms with E-state index in [0.29, 0.717) is 10.9 Å². The van der Waals surface area contributed by atoms with Gasteiger partial charge >= 0.3 is 0 Å². The molecular formula is C20H19N3O4S. The van der Waals surface area contributed by atoms with Crippen molar-refractivity contribution in [1.82, 2.24) is 4.98 Å². The molecule has 3 rings (SSSR count). The molecule has 3 aromatic rings. The van der Waals surface area contributed by atoms with E-state index in [1.54, 1.807) is 6.92 Å². The van der Waals surface area contributed by atoms with Crippen LogP contribution in [0.4, 0.5) is 10.8 Å². The zero-order valence-electron chi connectivity index (χ0n) is 15.4. The van der Waals surface area contributed by atoms with Crippen LogP contribution in [0.15, 0.2) is 53.9 Å². The molecule has 0 saturated heterocycles. The van der Waals surface area contributed by atoms with Crippen LogP contribution >= 0.6 is 11.3 Å². The first-order valence-corrected chi connectivity index (χ1v) is 9.61. The summed E-state index contributed by atoms with van der Waals surface area (Å²) in [6, 6.07) is 13.7. The van der Waals surface area contributed by atoms with Crippen molar-refractivity contribution in [3.63, 3.8) is 0 Å². The average molecular weight is 397 g/mol. The Labute approximate surface area is 166 Å². The van der Waals surface area contributed by atoms with Crippen molar-refractivity contribution in [3.8, 4) is 17.0 Å². The molecule has 0 bridgehead atoms. The topological polar surface area (TPSA) is 94.4 Å². The Bertz CT molecular complexity index is 968. The van der Waals surface area contributed by atoms with E-state index in [9.17, 15) is 14.9 Å². The van der Waals surface area contributed by atoms with Gasteiger partial charge in [0.25, 0.3) is 11.6 Å². The Morgan fingerprint density at radius 2 is 1.89 bits per heavy atom. The molecule has 1 heterocycles. The molecule has 1 atom stereocenters. The highest BCUT2D eigenvalue weighted by Crippen LogP contribution is 2.26. The predicted molar refractivity (Wildman–Crippen MR) is 109 cm³/mol. The number of aromatic nitrogens is 1. The van der Waals surface area contributed by atoms with Gasteiger partial charge in [-0.25, -0.2) is 4.98 Å². The van der Waals surface area contributed by atoms with Crippen LogP contribution < -0.4 is 10.1 Å². The highest BCUT2D eigenvalue weighted by Gasteiger charge is 2.17. The fourth-order valence-corrected chi connectivity index (χ4v) is 3.21. The van der Waals surface area contributed by atoms with Gasteiger partial charge < -0.3 is 4.74 Å². The maximum Gasteiger partial charge on any atom is 0.269 e. The van der Waals surface area contributed by atoms with Gasteiger partial charge in [0.2, 0.25) is 0 Å². The number of nitro groups is 1. The van der Waals surface area contributed by atoms with Gasteiger partial charge in [-0.15, -0.1) is 11.3 Å². The summed E-state index contributed by atoms with van der Waals surface area (Å²) in [7, 11) is 0. The number of anilines is 1. The maximum absolute atomic E-state index is 12.3. The third kappa shape index (κ3) is 4.72. The number of benzene rings is 2. The first-order valence-electron chi connectivity index (χ1n) is 8.73. The second kappa shape index (κ2) is 8.62. The Kier molecular flexibility index (Phi) is 6.00. The van der Waals surface area contributed by atoms with Gasteiger partial charge in [-0.2, -0.15) is 0 Å². The number of non-ortho nitro benzene ring substituents is 1. The van der Waals surface area contributed by atoms with Crippen LogP contribution in [0.3, 0.4) is 0 Å². The standard InChI is InChI=1S/C20H19N3O4S/c1-3-14-4-6-15(7-5-14)18-12-28-20(21-18)22-19(24)13(2)27-17-10-8-16(9-11-17)23(25)26/h4-13H,3H2,1-2H3,(H,21,22,24)/t13-/m1/s1. The monoisotopic (exact) mass is 397 g/mol. The van der Waals surface area contributed by atoms with E-state index >= 15 is 0 Å². The zero-order valence-corrected chi connectivity index (χ0v) is 16.2. The lowest BCUT2D eigenvalue weighted by Crippen LogP contribution is -2.30. The first-order chi connectivity index (χ1) is 13.5. The van der Waals surface area contributed by atoms with Crippen LogP contribution in [0.25, 0.3) is 11.3 Å². The highest BCUT2D eigenvalue weighted by molar-refractivity contribution is 7.14. The minimum absolute atomic E-state index is 0.0354. The molecule has 8 heteroatoms. The van der Waals surface area contributed by atoms with Crippen LogP contribution in [0.1, 0.15) is 19.4 Å². The van der Waals surface area contributed by atoms with Crippen LogP contribution in [0, 0.1) is 10.1 Å². The summed E-state index contributed by atoms with van der Waals surface area (Å²) in [5, 5.41) is 15.8. The number of hydrogen-bond acceptors (Lipinski definition) is 6. The Hall–Kier alpha value is -3.26. The minimum atomic E-state index is -0.780. The van der Waals surface area contributed by atoms with Crippen molar-refractivity contribution in [1.29, 1.82) is 0 Å². The van der Waals surface area contributed by atoms with Crippen molar-refractivity contribution in [2.75, 3.05) is 5.32 Å². The third-order valence-electron chi connectivity index (χ3n) is 4.12. The number of carbonyl (C=O) groups is 1. The second-order valence-corrected chi connectivity index (χ2v) is 6.95. The van der Waals surface area contributed by atoms with Crippen molar-refractivity contribution < 1.29 is 14.5 Å². The molecule has 28 heavy (non-hydrogen) atoms. The Balaban J connectivity index is 1.60. The number of hydrogen-bond donors (Lipinski definition) is 1. The number of thiazole rings is 1. The molecule has 0 radical (unpaired) electrons. The summed E-state index contributed by atoms with van der Waals surface area (Å²) in [6.45, 7) is 3.71. The Morgan fingerprint density at radius 3 is 2.50 bits per heavy atom. The van der Waals surface area contributed by atoms with Gasteiger partial charge in [0, 0.05) is 23.1 Å². The normalized spacial score (nSPS) is 11.6. The number of nitrogens with zero attached hydrogens (tertiary/aromatic N) is 2. The number of aryl methyl sites for hydroxylation is 1. The van der Waals surface area contributed by atoms with E-state index in [2.05, 4.69) is 29.4 Å². The molecule has 0 aliphatic carbocycles. The van der Waals surface area contributed by atoms with Gasteiger partial charge in [0.1, 0.15) is 5.75 Å². The summed E-state index contributed by atoms with van der Waals surface area (Å²) < 4.78 is 5.54. The van der Waals surface area contributed by atoms with E-state index < -0.39 is 11.0 Å². The van der Waals surface area contributed by atoms with Crippen LogP contribution in [-0.4, -0.2) is 21.9 Å². The number of carbonyl (C=O) groups excluding carboxylic acids is 1. The fourth-order valence-electron chi connectivity index (χ4n) is 2.49. The lowest BCUT2D eigenvalue weighted by Gasteiger charge is -2.13. The smallest absolute Gasteiger partial charge is 0.269 e.